The van der Waals surface area contributed by atoms with Crippen molar-refractivity contribution in [1.29, 1.82) is 0 Å². The Bertz CT molecular complexity index is 458. The van der Waals surface area contributed by atoms with E-state index in [1.54, 1.807) is 18.3 Å². The Labute approximate surface area is 129 Å². The summed E-state index contributed by atoms with van der Waals surface area (Å²) < 4.78 is 0.597. The van der Waals surface area contributed by atoms with Gasteiger partial charge in [-0.05, 0) is 59.9 Å². The van der Waals surface area contributed by atoms with Gasteiger partial charge in [0.1, 0.15) is 4.60 Å². The van der Waals surface area contributed by atoms with Gasteiger partial charge in [0.05, 0.1) is 5.56 Å². The molecule has 0 aromatic carbocycles. The predicted octanol–water partition coefficient (Wildman–Crippen LogP) is 2.69. The average molecular weight is 340 g/mol. The van der Waals surface area contributed by atoms with Gasteiger partial charge in [0.25, 0.3) is 5.91 Å². The normalized spacial score (nSPS) is 17.4. The lowest BCUT2D eigenvalue weighted by Gasteiger charge is -2.31. The maximum Gasteiger partial charge on any atom is 0.254 e. The van der Waals surface area contributed by atoms with Crippen molar-refractivity contribution in [3.05, 3.63) is 28.5 Å². The molecule has 1 atom stereocenters. The molecule has 1 aromatic heterocycles. The number of carbonyl (C=O) groups is 1. The van der Waals surface area contributed by atoms with Crippen LogP contribution in [0.25, 0.3) is 0 Å². The number of carbonyl (C=O) groups excluding carboxylic acids is 1. The quantitative estimate of drug-likeness (QED) is 0.839. The molecule has 0 radical (unpaired) electrons. The molecule has 1 saturated heterocycles. The van der Waals surface area contributed by atoms with Gasteiger partial charge in [-0.25, -0.2) is 4.98 Å². The number of rotatable bonds is 5. The standard InChI is InChI=1S/C15H22BrN3O/c1-11(2)13(19-8-3-4-9-19)10-18-15(20)12-6-5-7-17-14(12)16/h5-7,11,13H,3-4,8-10H2,1-2H3,(H,18,20). The van der Waals surface area contributed by atoms with Crippen molar-refractivity contribution in [1.82, 2.24) is 15.2 Å². The smallest absolute Gasteiger partial charge is 0.254 e. The second-order valence-electron chi connectivity index (χ2n) is 5.61. The van der Waals surface area contributed by atoms with Gasteiger partial charge in [0.15, 0.2) is 0 Å². The molecule has 0 saturated carbocycles. The predicted molar refractivity (Wildman–Crippen MR) is 83.7 cm³/mol. The molecule has 1 aromatic rings. The highest BCUT2D eigenvalue weighted by molar-refractivity contribution is 9.10. The zero-order chi connectivity index (χ0) is 14.5. The third-order valence-corrected chi connectivity index (χ3v) is 4.49. The number of nitrogens with zero attached hydrogens (tertiary/aromatic N) is 2. The number of hydrogen-bond acceptors (Lipinski definition) is 3. The van der Waals surface area contributed by atoms with E-state index in [0.717, 1.165) is 13.1 Å². The minimum atomic E-state index is -0.0604. The van der Waals surface area contributed by atoms with Gasteiger partial charge in [-0.1, -0.05) is 13.8 Å². The first kappa shape index (κ1) is 15.4. The van der Waals surface area contributed by atoms with Crippen molar-refractivity contribution >= 4 is 21.8 Å². The number of likely N-dealkylation sites (tertiary alicyclic amines) is 1. The van der Waals surface area contributed by atoms with E-state index < -0.39 is 0 Å². The summed E-state index contributed by atoms with van der Waals surface area (Å²) in [4.78, 5) is 18.8. The number of hydrogen-bond donors (Lipinski definition) is 1. The summed E-state index contributed by atoms with van der Waals surface area (Å²) in [6.45, 7) is 7.42. The summed E-state index contributed by atoms with van der Waals surface area (Å²) in [7, 11) is 0. The Hall–Kier alpha value is -0.940. The topological polar surface area (TPSA) is 45.2 Å². The van der Waals surface area contributed by atoms with Crippen LogP contribution in [0.4, 0.5) is 0 Å². The Morgan fingerprint density at radius 1 is 1.45 bits per heavy atom. The molecule has 1 fully saturated rings. The molecule has 0 spiro atoms. The lowest BCUT2D eigenvalue weighted by atomic mass is 10.0. The summed E-state index contributed by atoms with van der Waals surface area (Å²) in [5, 5.41) is 3.05. The van der Waals surface area contributed by atoms with E-state index in [-0.39, 0.29) is 5.91 Å². The molecule has 1 amide bonds. The van der Waals surface area contributed by atoms with Crippen LogP contribution in [-0.4, -0.2) is 41.5 Å². The van der Waals surface area contributed by atoms with Crippen LogP contribution in [0.2, 0.25) is 0 Å². The van der Waals surface area contributed by atoms with Crippen LogP contribution in [0.5, 0.6) is 0 Å². The van der Waals surface area contributed by atoms with Crippen molar-refractivity contribution in [2.24, 2.45) is 5.92 Å². The van der Waals surface area contributed by atoms with Crippen LogP contribution in [-0.2, 0) is 0 Å². The van der Waals surface area contributed by atoms with Crippen molar-refractivity contribution in [3.8, 4) is 0 Å². The fraction of sp³-hybridized carbons (Fsp3) is 0.600. The Kier molecular flexibility index (Phi) is 5.54. The third-order valence-electron chi connectivity index (χ3n) is 3.85. The highest BCUT2D eigenvalue weighted by atomic mass is 79.9. The molecule has 1 unspecified atom stereocenters. The molecular weight excluding hydrogens is 318 g/mol. The highest BCUT2D eigenvalue weighted by Gasteiger charge is 2.25. The number of amides is 1. The minimum absolute atomic E-state index is 0.0604. The molecule has 0 bridgehead atoms. The van der Waals surface area contributed by atoms with Crippen LogP contribution >= 0.6 is 15.9 Å². The number of aromatic nitrogens is 1. The number of nitrogens with one attached hydrogen (secondary N) is 1. The Morgan fingerprint density at radius 3 is 2.75 bits per heavy atom. The second-order valence-corrected chi connectivity index (χ2v) is 6.36. The van der Waals surface area contributed by atoms with Gasteiger partial charge < -0.3 is 5.32 Å². The molecule has 20 heavy (non-hydrogen) atoms. The Balaban J connectivity index is 1.95. The molecule has 4 nitrogen and oxygen atoms in total. The summed E-state index contributed by atoms with van der Waals surface area (Å²) in [5.41, 5.74) is 0.594. The van der Waals surface area contributed by atoms with E-state index in [0.29, 0.717) is 28.7 Å². The molecule has 2 heterocycles. The molecule has 110 valence electrons. The average Bonchev–Trinajstić information content (AvgIpc) is 2.92. The Morgan fingerprint density at radius 2 is 2.15 bits per heavy atom. The van der Waals surface area contributed by atoms with Gasteiger partial charge in [-0.15, -0.1) is 0 Å². The van der Waals surface area contributed by atoms with Gasteiger partial charge in [-0.2, -0.15) is 0 Å². The van der Waals surface area contributed by atoms with Crippen LogP contribution < -0.4 is 5.32 Å². The van der Waals surface area contributed by atoms with E-state index in [1.807, 2.05) is 0 Å². The number of pyridine rings is 1. The fourth-order valence-corrected chi connectivity index (χ4v) is 3.14. The molecular formula is C15H22BrN3O. The van der Waals surface area contributed by atoms with Crippen molar-refractivity contribution < 1.29 is 4.79 Å². The van der Waals surface area contributed by atoms with Crippen LogP contribution in [0.15, 0.2) is 22.9 Å². The lowest BCUT2D eigenvalue weighted by molar-refractivity contribution is 0.0926. The van der Waals surface area contributed by atoms with Crippen molar-refractivity contribution in [3.63, 3.8) is 0 Å². The van der Waals surface area contributed by atoms with E-state index in [1.165, 1.54) is 12.8 Å². The highest BCUT2D eigenvalue weighted by Crippen LogP contribution is 2.18. The lowest BCUT2D eigenvalue weighted by Crippen LogP contribution is -2.45. The molecule has 1 aliphatic heterocycles. The van der Waals surface area contributed by atoms with Crippen LogP contribution in [0.1, 0.15) is 37.0 Å². The van der Waals surface area contributed by atoms with E-state index >= 15 is 0 Å². The third kappa shape index (κ3) is 3.79. The largest absolute Gasteiger partial charge is 0.350 e. The van der Waals surface area contributed by atoms with E-state index in [4.69, 9.17) is 0 Å². The minimum Gasteiger partial charge on any atom is -0.350 e. The number of halogens is 1. The molecule has 2 rings (SSSR count). The maximum absolute atomic E-state index is 12.2. The zero-order valence-corrected chi connectivity index (χ0v) is 13.7. The summed E-state index contributed by atoms with van der Waals surface area (Å²) in [5.74, 6) is 0.473. The fourth-order valence-electron chi connectivity index (χ4n) is 2.71. The van der Waals surface area contributed by atoms with Crippen molar-refractivity contribution in [2.45, 2.75) is 32.7 Å². The van der Waals surface area contributed by atoms with Gasteiger partial charge >= 0.3 is 0 Å². The first-order valence-electron chi connectivity index (χ1n) is 7.22. The maximum atomic E-state index is 12.2. The van der Waals surface area contributed by atoms with E-state index in [2.05, 4.69) is 45.0 Å². The van der Waals surface area contributed by atoms with Crippen LogP contribution in [0.3, 0.4) is 0 Å². The van der Waals surface area contributed by atoms with Gasteiger partial charge in [0, 0.05) is 18.8 Å². The molecule has 0 aliphatic carbocycles. The first-order valence-corrected chi connectivity index (χ1v) is 8.01. The summed E-state index contributed by atoms with van der Waals surface area (Å²) in [6.07, 6.45) is 4.21. The summed E-state index contributed by atoms with van der Waals surface area (Å²) >= 11 is 3.32. The molecule has 1 aliphatic rings. The van der Waals surface area contributed by atoms with Gasteiger partial charge in [-0.3, -0.25) is 9.69 Å². The SMILES string of the molecule is CC(C)C(CNC(=O)c1cccnc1Br)N1CCCC1. The molecule has 1 N–H and O–H groups in total. The van der Waals surface area contributed by atoms with E-state index in [9.17, 15) is 4.79 Å². The van der Waals surface area contributed by atoms with Gasteiger partial charge in [0.2, 0.25) is 0 Å². The second kappa shape index (κ2) is 7.18. The molecule has 5 heteroatoms. The van der Waals surface area contributed by atoms with Crippen molar-refractivity contribution in [2.75, 3.05) is 19.6 Å². The summed E-state index contributed by atoms with van der Waals surface area (Å²) in [6, 6.07) is 3.98. The zero-order valence-electron chi connectivity index (χ0n) is 12.1. The monoisotopic (exact) mass is 339 g/mol. The first-order chi connectivity index (χ1) is 9.59. The van der Waals surface area contributed by atoms with Crippen LogP contribution in [0, 0.1) is 5.92 Å².